The fraction of sp³-hybridized carbons (Fsp3) is 0.214. The highest BCUT2D eigenvalue weighted by atomic mass is 16.5. The number of hydrogen-bond acceptors (Lipinski definition) is 5. The second kappa shape index (κ2) is 6.63. The van der Waals surface area contributed by atoms with Gasteiger partial charge in [0.2, 0.25) is 6.41 Å². The molecule has 0 amide bonds. The Morgan fingerprint density at radius 2 is 2.15 bits per heavy atom. The lowest BCUT2D eigenvalue weighted by Gasteiger charge is -2.11. The van der Waals surface area contributed by atoms with E-state index < -0.39 is 12.0 Å². The van der Waals surface area contributed by atoms with Gasteiger partial charge in [0.15, 0.2) is 0 Å². The normalized spacial score (nSPS) is 11.8. The van der Waals surface area contributed by atoms with Crippen LogP contribution in [0.1, 0.15) is 11.3 Å². The number of hydrogen-bond donors (Lipinski definition) is 1. The van der Waals surface area contributed by atoms with Crippen molar-refractivity contribution >= 4 is 12.4 Å². The first-order chi connectivity index (χ1) is 9.70. The molecule has 0 saturated carbocycles. The lowest BCUT2D eigenvalue weighted by molar-refractivity contribution is -0.146. The number of nitrogens with two attached hydrogens (primary N) is 1. The molecule has 0 aliphatic rings. The van der Waals surface area contributed by atoms with Crippen molar-refractivity contribution in [1.29, 1.82) is 0 Å². The third kappa shape index (κ3) is 3.52. The van der Waals surface area contributed by atoms with Crippen molar-refractivity contribution in [2.24, 2.45) is 5.73 Å². The van der Waals surface area contributed by atoms with Gasteiger partial charge in [0.25, 0.3) is 0 Å². The highest BCUT2D eigenvalue weighted by molar-refractivity contribution is 5.76. The summed E-state index contributed by atoms with van der Waals surface area (Å²) in [6, 6.07) is 8.52. The van der Waals surface area contributed by atoms with Crippen LogP contribution in [0.4, 0.5) is 0 Å². The van der Waals surface area contributed by atoms with Gasteiger partial charge in [-0.05, 0) is 5.56 Å². The van der Waals surface area contributed by atoms with E-state index in [1.165, 1.54) is 17.1 Å². The van der Waals surface area contributed by atoms with Crippen LogP contribution < -0.4 is 5.73 Å². The summed E-state index contributed by atoms with van der Waals surface area (Å²) >= 11 is 0. The van der Waals surface area contributed by atoms with Crippen LogP contribution in [0.15, 0.2) is 42.9 Å². The van der Waals surface area contributed by atoms with Crippen LogP contribution in [-0.4, -0.2) is 28.0 Å². The van der Waals surface area contributed by atoms with Gasteiger partial charge in [0, 0.05) is 18.3 Å². The van der Waals surface area contributed by atoms with E-state index in [0.29, 0.717) is 12.1 Å². The second-order valence-electron chi connectivity index (χ2n) is 4.30. The summed E-state index contributed by atoms with van der Waals surface area (Å²) < 4.78 is 6.41. The zero-order valence-corrected chi connectivity index (χ0v) is 10.8. The number of benzene rings is 1. The first-order valence-electron chi connectivity index (χ1n) is 6.13. The molecule has 0 aliphatic carbocycles. The van der Waals surface area contributed by atoms with E-state index in [0.717, 1.165) is 5.56 Å². The molecule has 20 heavy (non-hydrogen) atoms. The number of ether oxygens (including phenoxy) is 1. The van der Waals surface area contributed by atoms with Crippen LogP contribution in [0.2, 0.25) is 0 Å². The van der Waals surface area contributed by atoms with Crippen molar-refractivity contribution < 1.29 is 14.3 Å². The first kappa shape index (κ1) is 14.0. The predicted molar refractivity (Wildman–Crippen MR) is 72.3 cm³/mol. The van der Waals surface area contributed by atoms with Crippen molar-refractivity contribution in [3.63, 3.8) is 0 Å². The Morgan fingerprint density at radius 1 is 1.40 bits per heavy atom. The van der Waals surface area contributed by atoms with E-state index in [1.807, 2.05) is 30.3 Å². The lowest BCUT2D eigenvalue weighted by Crippen LogP contribution is -2.35. The Labute approximate surface area is 116 Å². The van der Waals surface area contributed by atoms with Crippen LogP contribution in [0.5, 0.6) is 0 Å². The third-order valence-corrected chi connectivity index (χ3v) is 2.82. The van der Waals surface area contributed by atoms with Crippen molar-refractivity contribution in [2.75, 3.05) is 0 Å². The number of nitrogens with zero attached hydrogens (tertiary/aromatic N) is 2. The number of imidazole rings is 1. The molecule has 0 radical (unpaired) electrons. The molecular weight excluding hydrogens is 258 g/mol. The minimum absolute atomic E-state index is 0.181. The van der Waals surface area contributed by atoms with Crippen LogP contribution in [0, 0.1) is 0 Å². The third-order valence-electron chi connectivity index (χ3n) is 2.82. The Kier molecular flexibility index (Phi) is 4.62. The summed E-state index contributed by atoms with van der Waals surface area (Å²) in [7, 11) is 0. The fourth-order valence-corrected chi connectivity index (χ4v) is 1.73. The summed E-state index contributed by atoms with van der Waals surface area (Å²) in [6.07, 6.45) is 3.68. The van der Waals surface area contributed by atoms with Crippen LogP contribution >= 0.6 is 0 Å². The summed E-state index contributed by atoms with van der Waals surface area (Å²) in [5.74, 6) is -0.507. The molecule has 0 fully saturated rings. The van der Waals surface area contributed by atoms with Gasteiger partial charge in [-0.15, -0.1) is 0 Å². The zero-order valence-electron chi connectivity index (χ0n) is 10.8. The van der Waals surface area contributed by atoms with Gasteiger partial charge in [0.05, 0.1) is 0 Å². The topological polar surface area (TPSA) is 87.2 Å². The maximum atomic E-state index is 11.8. The average molecular weight is 273 g/mol. The molecule has 104 valence electrons. The molecule has 1 aromatic carbocycles. The molecule has 2 rings (SSSR count). The summed E-state index contributed by atoms with van der Waals surface area (Å²) in [6.45, 7) is 0.181. The average Bonchev–Trinajstić information content (AvgIpc) is 2.93. The molecular formula is C14H15N3O3. The van der Waals surface area contributed by atoms with Crippen LogP contribution in [0.3, 0.4) is 0 Å². The Balaban J connectivity index is 1.88. The molecule has 0 saturated heterocycles. The Bertz CT molecular complexity index is 580. The van der Waals surface area contributed by atoms with E-state index in [4.69, 9.17) is 10.5 Å². The lowest BCUT2D eigenvalue weighted by atomic mass is 10.2. The van der Waals surface area contributed by atoms with E-state index >= 15 is 0 Å². The fourth-order valence-electron chi connectivity index (χ4n) is 1.73. The number of carbonyl (C=O) groups is 2. The summed E-state index contributed by atoms with van der Waals surface area (Å²) in [4.78, 5) is 26.3. The molecule has 0 bridgehead atoms. The van der Waals surface area contributed by atoms with Crippen molar-refractivity contribution in [2.45, 2.75) is 19.1 Å². The van der Waals surface area contributed by atoms with Crippen LogP contribution in [-0.2, 0) is 27.4 Å². The highest BCUT2D eigenvalue weighted by Gasteiger charge is 2.17. The summed E-state index contributed by atoms with van der Waals surface area (Å²) in [5, 5.41) is 0. The van der Waals surface area contributed by atoms with Gasteiger partial charge in [-0.25, -0.2) is 4.98 Å². The highest BCUT2D eigenvalue weighted by Crippen LogP contribution is 2.05. The maximum absolute atomic E-state index is 11.8. The smallest absolute Gasteiger partial charge is 0.323 e. The van der Waals surface area contributed by atoms with Gasteiger partial charge >= 0.3 is 5.97 Å². The molecule has 1 atom stereocenters. The number of rotatable bonds is 6. The van der Waals surface area contributed by atoms with Gasteiger partial charge in [-0.3, -0.25) is 14.2 Å². The Hall–Kier alpha value is -2.47. The molecule has 2 aromatic rings. The molecule has 6 heteroatoms. The first-order valence-corrected chi connectivity index (χ1v) is 6.13. The zero-order chi connectivity index (χ0) is 14.4. The van der Waals surface area contributed by atoms with Gasteiger partial charge in [-0.2, -0.15) is 0 Å². The van der Waals surface area contributed by atoms with E-state index in [-0.39, 0.29) is 13.0 Å². The standard InChI is InChI=1S/C14H15N3O3/c15-13(6-12-7-16-9-17(12)10-18)14(19)20-8-11-4-2-1-3-5-11/h1-5,7,9-10,13H,6,8,15H2. The number of esters is 1. The predicted octanol–water partition coefficient (Wildman–Crippen LogP) is 0.535. The molecule has 0 aliphatic heterocycles. The van der Waals surface area contributed by atoms with E-state index in [2.05, 4.69) is 4.98 Å². The molecule has 6 nitrogen and oxygen atoms in total. The minimum Gasteiger partial charge on any atom is -0.460 e. The Morgan fingerprint density at radius 3 is 2.85 bits per heavy atom. The molecule has 1 heterocycles. The quantitative estimate of drug-likeness (QED) is 0.613. The van der Waals surface area contributed by atoms with Gasteiger partial charge < -0.3 is 10.5 Å². The van der Waals surface area contributed by atoms with Crippen molar-refractivity contribution in [3.05, 3.63) is 54.1 Å². The number of aromatic nitrogens is 2. The van der Waals surface area contributed by atoms with Crippen molar-refractivity contribution in [1.82, 2.24) is 9.55 Å². The van der Waals surface area contributed by atoms with Crippen molar-refractivity contribution in [3.8, 4) is 0 Å². The minimum atomic E-state index is -0.825. The molecule has 0 spiro atoms. The second-order valence-corrected chi connectivity index (χ2v) is 4.30. The molecule has 1 unspecified atom stereocenters. The van der Waals surface area contributed by atoms with Crippen LogP contribution in [0.25, 0.3) is 0 Å². The molecule has 1 aromatic heterocycles. The van der Waals surface area contributed by atoms with E-state index in [1.54, 1.807) is 0 Å². The molecule has 2 N–H and O–H groups in total. The van der Waals surface area contributed by atoms with E-state index in [9.17, 15) is 9.59 Å². The number of carbonyl (C=O) groups excluding carboxylic acids is 2. The van der Waals surface area contributed by atoms with Gasteiger partial charge in [0.1, 0.15) is 19.0 Å². The largest absolute Gasteiger partial charge is 0.460 e. The SMILES string of the molecule is NC(Cc1cncn1C=O)C(=O)OCc1ccccc1. The summed E-state index contributed by atoms with van der Waals surface area (Å²) in [5.41, 5.74) is 7.23. The van der Waals surface area contributed by atoms with Gasteiger partial charge in [-0.1, -0.05) is 30.3 Å². The maximum Gasteiger partial charge on any atom is 0.323 e. The monoisotopic (exact) mass is 273 g/mol.